The largest absolute Gasteiger partial charge is 0.494 e. The van der Waals surface area contributed by atoms with Crippen molar-refractivity contribution in [1.29, 1.82) is 0 Å². The summed E-state index contributed by atoms with van der Waals surface area (Å²) in [5.74, 6) is -0.00292. The first-order valence-corrected chi connectivity index (χ1v) is 16.6. The third kappa shape index (κ3) is 6.64. The van der Waals surface area contributed by atoms with E-state index < -0.39 is 21.4 Å². The molecular formula is C31H44N2O6S. The number of carbonyl (C=O) groups excluding carboxylic acids is 1. The fourth-order valence-electron chi connectivity index (χ4n) is 5.44. The Labute approximate surface area is 239 Å². The van der Waals surface area contributed by atoms with Gasteiger partial charge in [0.1, 0.15) is 11.5 Å². The number of anilines is 1. The van der Waals surface area contributed by atoms with Crippen LogP contribution < -0.4 is 14.2 Å². The van der Waals surface area contributed by atoms with E-state index >= 15 is 0 Å². The van der Waals surface area contributed by atoms with Crippen LogP contribution in [0, 0.1) is 0 Å². The lowest BCUT2D eigenvalue weighted by atomic mass is 9.85. The Morgan fingerprint density at radius 2 is 1.57 bits per heavy atom. The normalized spacial score (nSPS) is 21.0. The van der Waals surface area contributed by atoms with Crippen LogP contribution >= 0.6 is 0 Å². The van der Waals surface area contributed by atoms with E-state index in [1.165, 1.54) is 25.7 Å². The van der Waals surface area contributed by atoms with Crippen LogP contribution in [0.15, 0.2) is 42.5 Å². The predicted molar refractivity (Wildman–Crippen MR) is 158 cm³/mol. The Morgan fingerprint density at radius 3 is 2.20 bits per heavy atom. The van der Waals surface area contributed by atoms with E-state index in [0.717, 1.165) is 50.9 Å². The SMILES string of the molecule is CCCCN(CCCC)CCCOc1ccc(C(=O)C23OC2(CCCC)Oc2ccc(NS(C)(=O)=O)cc23)cc1. The van der Waals surface area contributed by atoms with Gasteiger partial charge < -0.3 is 19.1 Å². The maximum atomic E-state index is 14.0. The number of hydrogen-bond donors (Lipinski definition) is 1. The van der Waals surface area contributed by atoms with Crippen LogP contribution in [0.1, 0.15) is 88.1 Å². The smallest absolute Gasteiger partial charge is 0.253 e. The maximum Gasteiger partial charge on any atom is 0.253 e. The Balaban J connectivity index is 1.44. The third-order valence-electron chi connectivity index (χ3n) is 7.59. The summed E-state index contributed by atoms with van der Waals surface area (Å²) >= 11 is 0. The molecule has 0 saturated carbocycles. The fourth-order valence-corrected chi connectivity index (χ4v) is 5.99. The lowest BCUT2D eigenvalue weighted by molar-refractivity contribution is 0.0509. The van der Waals surface area contributed by atoms with Crippen molar-refractivity contribution in [2.75, 3.05) is 37.2 Å². The zero-order chi connectivity index (χ0) is 28.8. The first-order valence-electron chi connectivity index (χ1n) is 14.7. The van der Waals surface area contributed by atoms with Crippen LogP contribution in [0.25, 0.3) is 0 Å². The summed E-state index contributed by atoms with van der Waals surface area (Å²) in [5.41, 5.74) is 0.118. The molecule has 2 unspecified atom stereocenters. The van der Waals surface area contributed by atoms with E-state index in [-0.39, 0.29) is 5.78 Å². The second-order valence-electron chi connectivity index (χ2n) is 10.9. The van der Waals surface area contributed by atoms with Crippen LogP contribution in [-0.4, -0.2) is 57.4 Å². The van der Waals surface area contributed by atoms with Gasteiger partial charge in [-0.2, -0.15) is 0 Å². The fraction of sp³-hybridized carbons (Fsp3) is 0.581. The molecule has 2 atom stereocenters. The molecule has 9 heteroatoms. The molecule has 2 aromatic carbocycles. The van der Waals surface area contributed by atoms with Crippen molar-refractivity contribution in [2.24, 2.45) is 0 Å². The number of hydrogen-bond acceptors (Lipinski definition) is 7. The minimum Gasteiger partial charge on any atom is -0.494 e. The molecule has 0 radical (unpaired) electrons. The summed E-state index contributed by atoms with van der Waals surface area (Å²) < 4.78 is 44.5. The highest BCUT2D eigenvalue weighted by molar-refractivity contribution is 7.92. The van der Waals surface area contributed by atoms with Gasteiger partial charge in [-0.05, 0) is 81.2 Å². The third-order valence-corrected chi connectivity index (χ3v) is 8.20. The first-order chi connectivity index (χ1) is 19.2. The number of benzene rings is 2. The van der Waals surface area contributed by atoms with E-state index in [1.807, 2.05) is 12.1 Å². The van der Waals surface area contributed by atoms with Gasteiger partial charge in [0.25, 0.3) is 5.79 Å². The maximum absolute atomic E-state index is 14.0. The molecule has 1 N–H and O–H groups in total. The summed E-state index contributed by atoms with van der Waals surface area (Å²) in [6, 6.07) is 12.2. The van der Waals surface area contributed by atoms with E-state index in [4.69, 9.17) is 14.2 Å². The zero-order valence-corrected chi connectivity index (χ0v) is 25.1. The minimum absolute atomic E-state index is 0.201. The van der Waals surface area contributed by atoms with Crippen molar-refractivity contribution in [2.45, 2.75) is 83.5 Å². The molecule has 2 heterocycles. The van der Waals surface area contributed by atoms with Crippen molar-refractivity contribution in [3.8, 4) is 11.5 Å². The predicted octanol–water partition coefficient (Wildman–Crippen LogP) is 6.12. The van der Waals surface area contributed by atoms with E-state index in [1.54, 1.807) is 30.3 Å². The monoisotopic (exact) mass is 572 g/mol. The molecule has 220 valence electrons. The number of unbranched alkanes of at least 4 members (excludes halogenated alkanes) is 3. The van der Waals surface area contributed by atoms with E-state index in [0.29, 0.717) is 35.6 Å². The number of carbonyl (C=O) groups is 1. The van der Waals surface area contributed by atoms with Crippen LogP contribution in [0.3, 0.4) is 0 Å². The molecule has 1 saturated heterocycles. The van der Waals surface area contributed by atoms with E-state index in [9.17, 15) is 13.2 Å². The molecule has 0 spiro atoms. The number of fused-ring (bicyclic) bond motifs is 3. The molecular weight excluding hydrogens is 528 g/mol. The molecule has 0 aromatic heterocycles. The van der Waals surface area contributed by atoms with Gasteiger partial charge in [-0.3, -0.25) is 9.52 Å². The van der Waals surface area contributed by atoms with Crippen molar-refractivity contribution in [3.63, 3.8) is 0 Å². The highest BCUT2D eigenvalue weighted by Crippen LogP contribution is 2.67. The quantitative estimate of drug-likeness (QED) is 0.131. The molecule has 0 bridgehead atoms. The first kappa shape index (κ1) is 30.3. The number of nitrogens with zero attached hydrogens (tertiary/aromatic N) is 1. The Hall–Kier alpha value is -2.62. The van der Waals surface area contributed by atoms with Gasteiger partial charge >= 0.3 is 0 Å². The number of ketones is 1. The molecule has 1 fully saturated rings. The molecule has 2 aliphatic heterocycles. The molecule has 2 aliphatic rings. The summed E-state index contributed by atoms with van der Waals surface area (Å²) in [5, 5.41) is 0. The van der Waals surface area contributed by atoms with Gasteiger partial charge in [-0.1, -0.05) is 40.0 Å². The van der Waals surface area contributed by atoms with Gasteiger partial charge in [0.05, 0.1) is 12.9 Å². The number of ether oxygens (including phenoxy) is 3. The molecule has 0 aliphatic carbocycles. The molecule has 0 amide bonds. The highest BCUT2D eigenvalue weighted by atomic mass is 32.2. The molecule has 2 aromatic rings. The Bertz CT molecular complexity index is 1260. The van der Waals surface area contributed by atoms with Crippen molar-refractivity contribution in [1.82, 2.24) is 4.90 Å². The van der Waals surface area contributed by atoms with Gasteiger partial charge in [0, 0.05) is 29.8 Å². The average Bonchev–Trinajstić information content (AvgIpc) is 3.51. The van der Waals surface area contributed by atoms with Gasteiger partial charge in [0.15, 0.2) is 0 Å². The van der Waals surface area contributed by atoms with Gasteiger partial charge in [0.2, 0.25) is 21.4 Å². The van der Waals surface area contributed by atoms with Gasteiger partial charge in [-0.25, -0.2) is 8.42 Å². The molecule has 40 heavy (non-hydrogen) atoms. The summed E-state index contributed by atoms with van der Waals surface area (Å²) in [6.07, 6.45) is 9.20. The second-order valence-corrected chi connectivity index (χ2v) is 12.7. The Morgan fingerprint density at radius 1 is 0.925 bits per heavy atom. The topological polar surface area (TPSA) is 97.5 Å². The number of Topliss-reactive ketones (excluding diaryl/α,β-unsaturated/α-hetero) is 1. The van der Waals surface area contributed by atoms with Crippen LogP contribution in [0.5, 0.6) is 11.5 Å². The van der Waals surface area contributed by atoms with Crippen molar-refractivity contribution < 1.29 is 27.4 Å². The highest BCUT2D eigenvalue weighted by Gasteiger charge is 2.81. The standard InChI is InChI=1S/C31H44N2O6S/c1-5-8-18-30-31(39-30,27-23-25(32-40(4,35)36)14-17-28(27)38-30)29(34)24-12-15-26(16-13-24)37-22-11-21-33(19-9-6-2)20-10-7-3/h12-17,23,32H,5-11,18-22H2,1-4H3. The lowest BCUT2D eigenvalue weighted by Crippen LogP contribution is -2.31. The lowest BCUT2D eigenvalue weighted by Gasteiger charge is -2.21. The molecule has 8 nitrogen and oxygen atoms in total. The van der Waals surface area contributed by atoms with Crippen molar-refractivity contribution >= 4 is 21.5 Å². The average molecular weight is 573 g/mol. The number of nitrogens with one attached hydrogen (secondary N) is 1. The van der Waals surface area contributed by atoms with Gasteiger partial charge in [-0.15, -0.1) is 0 Å². The summed E-state index contributed by atoms with van der Waals surface area (Å²) in [6.45, 7) is 10.4. The number of rotatable bonds is 18. The number of sulfonamides is 1. The Kier molecular flexibility index (Phi) is 9.80. The zero-order valence-electron chi connectivity index (χ0n) is 24.3. The van der Waals surface area contributed by atoms with Crippen LogP contribution in [0.4, 0.5) is 5.69 Å². The summed E-state index contributed by atoms with van der Waals surface area (Å²) in [4.78, 5) is 16.5. The summed E-state index contributed by atoms with van der Waals surface area (Å²) in [7, 11) is -3.48. The molecule has 4 rings (SSSR count). The number of epoxide rings is 1. The van der Waals surface area contributed by atoms with Crippen LogP contribution in [-0.2, 0) is 20.4 Å². The van der Waals surface area contributed by atoms with Crippen LogP contribution in [0.2, 0.25) is 0 Å². The minimum atomic E-state index is -3.48. The second kappa shape index (κ2) is 12.9. The van der Waals surface area contributed by atoms with Crippen molar-refractivity contribution in [3.05, 3.63) is 53.6 Å². The van der Waals surface area contributed by atoms with E-state index in [2.05, 4.69) is 30.4 Å².